The highest BCUT2D eigenvalue weighted by Crippen LogP contribution is 2.23. The van der Waals surface area contributed by atoms with Crippen molar-refractivity contribution in [3.8, 4) is 0 Å². The van der Waals surface area contributed by atoms with Gasteiger partial charge in [0, 0.05) is 49.8 Å². The summed E-state index contributed by atoms with van der Waals surface area (Å²) in [5, 5.41) is 3.43. The van der Waals surface area contributed by atoms with Gasteiger partial charge in [-0.25, -0.2) is 0 Å². The van der Waals surface area contributed by atoms with Crippen LogP contribution in [-0.4, -0.2) is 48.0 Å². The van der Waals surface area contributed by atoms with Gasteiger partial charge in [-0.2, -0.15) is 0 Å². The minimum absolute atomic E-state index is 0. The maximum Gasteiger partial charge on any atom is 0.241 e. The number of hydrogen-bond donors (Lipinski definition) is 1. The number of carbonyl (C=O) groups is 1. The molecule has 1 aromatic carbocycles. The van der Waals surface area contributed by atoms with Crippen LogP contribution in [0.3, 0.4) is 0 Å². The zero-order chi connectivity index (χ0) is 17.6. The van der Waals surface area contributed by atoms with E-state index in [2.05, 4.69) is 35.1 Å². The van der Waals surface area contributed by atoms with Gasteiger partial charge in [0.2, 0.25) is 5.91 Å². The van der Waals surface area contributed by atoms with Crippen LogP contribution in [0.2, 0.25) is 0 Å². The number of aromatic nitrogens is 1. The topological polar surface area (TPSA) is 48.5 Å². The summed E-state index contributed by atoms with van der Waals surface area (Å²) in [5.74, 6) is 0.136. The lowest BCUT2D eigenvalue weighted by molar-refractivity contribution is -0.120. The van der Waals surface area contributed by atoms with Gasteiger partial charge in [-0.3, -0.25) is 14.7 Å². The Balaban J connectivity index is 0.00000243. The fourth-order valence-corrected chi connectivity index (χ4v) is 3.41. The van der Waals surface area contributed by atoms with Crippen molar-refractivity contribution in [3.05, 3.63) is 60.4 Å². The fourth-order valence-electron chi connectivity index (χ4n) is 3.41. The summed E-state index contributed by atoms with van der Waals surface area (Å²) < 4.78 is 0. The van der Waals surface area contributed by atoms with E-state index < -0.39 is 0 Å². The number of benzene rings is 1. The van der Waals surface area contributed by atoms with Gasteiger partial charge in [0.25, 0.3) is 0 Å². The summed E-state index contributed by atoms with van der Waals surface area (Å²) in [5.41, 5.74) is 2.11. The maximum atomic E-state index is 13.1. The number of nitrogens with zero attached hydrogens (tertiary/aromatic N) is 3. The van der Waals surface area contributed by atoms with E-state index in [0.717, 1.165) is 30.9 Å². The number of rotatable bonds is 5. The van der Waals surface area contributed by atoms with Crippen molar-refractivity contribution in [3.63, 3.8) is 0 Å². The van der Waals surface area contributed by atoms with Gasteiger partial charge in [-0.15, -0.1) is 12.4 Å². The van der Waals surface area contributed by atoms with Gasteiger partial charge in [0.05, 0.1) is 6.54 Å². The van der Waals surface area contributed by atoms with Crippen LogP contribution in [0.15, 0.2) is 54.9 Å². The van der Waals surface area contributed by atoms with E-state index in [1.165, 1.54) is 0 Å². The number of nitrogens with one attached hydrogen (secondary N) is 1. The number of para-hydroxylation sites is 1. The molecule has 1 aliphatic rings. The summed E-state index contributed by atoms with van der Waals surface area (Å²) in [6.07, 6.45) is 3.68. The molecule has 2 aromatic rings. The molecule has 1 fully saturated rings. The number of halogens is 1. The van der Waals surface area contributed by atoms with Gasteiger partial charge in [0.1, 0.15) is 0 Å². The fraction of sp³-hybridized carbons (Fsp3) is 0.400. The maximum absolute atomic E-state index is 13.1. The molecule has 3 rings (SSSR count). The Bertz CT molecular complexity index is 681. The monoisotopic (exact) mass is 374 g/mol. The van der Waals surface area contributed by atoms with Crippen molar-refractivity contribution < 1.29 is 4.79 Å². The van der Waals surface area contributed by atoms with Crippen LogP contribution in [0.25, 0.3) is 0 Å². The first-order valence-electron chi connectivity index (χ1n) is 8.88. The molecule has 0 saturated carbocycles. The summed E-state index contributed by atoms with van der Waals surface area (Å²) in [4.78, 5) is 21.5. The molecule has 1 saturated heterocycles. The third kappa shape index (κ3) is 4.81. The summed E-state index contributed by atoms with van der Waals surface area (Å²) >= 11 is 0. The zero-order valence-corrected chi connectivity index (χ0v) is 16.2. The standard InChI is InChI=1S/C20H26N4O.ClH/c1-16(2)24(18-8-4-3-5-9-18)20(25)15-23-12-11-22-14-19(23)17-7-6-10-21-13-17;/h3-10,13,16,19,22H,11-12,14-15H2,1-2H3;1H. The molecule has 0 radical (unpaired) electrons. The molecule has 1 atom stereocenters. The lowest BCUT2D eigenvalue weighted by Gasteiger charge is -2.37. The van der Waals surface area contributed by atoms with Crippen LogP contribution < -0.4 is 10.2 Å². The van der Waals surface area contributed by atoms with Crippen molar-refractivity contribution in [2.75, 3.05) is 31.1 Å². The first-order valence-corrected chi connectivity index (χ1v) is 8.88. The van der Waals surface area contributed by atoms with Crippen LogP contribution in [0.1, 0.15) is 25.5 Å². The third-order valence-corrected chi connectivity index (χ3v) is 4.58. The van der Waals surface area contributed by atoms with E-state index in [4.69, 9.17) is 0 Å². The first kappa shape index (κ1) is 20.4. The van der Waals surface area contributed by atoms with Crippen LogP contribution in [0.4, 0.5) is 5.69 Å². The summed E-state index contributed by atoms with van der Waals surface area (Å²) in [6.45, 7) is 7.12. The van der Waals surface area contributed by atoms with Crippen LogP contribution in [0, 0.1) is 0 Å². The molecule has 0 spiro atoms. The minimum Gasteiger partial charge on any atom is -0.314 e. The normalized spacial score (nSPS) is 17.6. The number of hydrogen-bond acceptors (Lipinski definition) is 4. The van der Waals surface area contributed by atoms with Crippen LogP contribution in [-0.2, 0) is 4.79 Å². The average molecular weight is 375 g/mol. The molecule has 1 aliphatic heterocycles. The summed E-state index contributed by atoms with van der Waals surface area (Å²) in [6, 6.07) is 14.2. The second-order valence-electron chi connectivity index (χ2n) is 6.67. The Hall–Kier alpha value is -1.95. The van der Waals surface area contributed by atoms with Gasteiger partial charge in [-0.05, 0) is 37.6 Å². The van der Waals surface area contributed by atoms with Crippen molar-refractivity contribution >= 4 is 24.0 Å². The molecule has 1 unspecified atom stereocenters. The van der Waals surface area contributed by atoms with Gasteiger partial charge >= 0.3 is 0 Å². The van der Waals surface area contributed by atoms with E-state index >= 15 is 0 Å². The average Bonchev–Trinajstić information content (AvgIpc) is 2.63. The lowest BCUT2D eigenvalue weighted by atomic mass is 10.1. The van der Waals surface area contributed by atoms with E-state index in [0.29, 0.717) is 6.54 Å². The Kier molecular flexibility index (Phi) is 7.57. The molecule has 2 heterocycles. The van der Waals surface area contributed by atoms with Crippen LogP contribution in [0.5, 0.6) is 0 Å². The number of amides is 1. The zero-order valence-electron chi connectivity index (χ0n) is 15.3. The highest BCUT2D eigenvalue weighted by Gasteiger charge is 2.28. The van der Waals surface area contributed by atoms with Gasteiger partial charge < -0.3 is 10.2 Å². The Morgan fingerprint density at radius 2 is 2.04 bits per heavy atom. The van der Waals surface area contributed by atoms with Crippen molar-refractivity contribution in [2.24, 2.45) is 0 Å². The Morgan fingerprint density at radius 3 is 2.69 bits per heavy atom. The van der Waals surface area contributed by atoms with Crippen molar-refractivity contribution in [1.82, 2.24) is 15.2 Å². The molecule has 1 amide bonds. The van der Waals surface area contributed by atoms with E-state index in [1.807, 2.05) is 47.5 Å². The number of pyridine rings is 1. The second-order valence-corrected chi connectivity index (χ2v) is 6.67. The minimum atomic E-state index is 0. The molecular formula is C20H27ClN4O. The quantitative estimate of drug-likeness (QED) is 0.874. The van der Waals surface area contributed by atoms with Crippen molar-refractivity contribution in [2.45, 2.75) is 25.9 Å². The summed E-state index contributed by atoms with van der Waals surface area (Å²) in [7, 11) is 0. The molecule has 6 heteroatoms. The van der Waals surface area contributed by atoms with E-state index in [9.17, 15) is 4.79 Å². The van der Waals surface area contributed by atoms with Gasteiger partial charge in [-0.1, -0.05) is 24.3 Å². The predicted octanol–water partition coefficient (Wildman–Crippen LogP) is 2.89. The Labute approximate surface area is 161 Å². The molecule has 0 bridgehead atoms. The lowest BCUT2D eigenvalue weighted by Crippen LogP contribution is -2.51. The second kappa shape index (κ2) is 9.67. The predicted molar refractivity (Wildman–Crippen MR) is 108 cm³/mol. The van der Waals surface area contributed by atoms with Crippen molar-refractivity contribution in [1.29, 1.82) is 0 Å². The van der Waals surface area contributed by atoms with E-state index in [-0.39, 0.29) is 30.4 Å². The highest BCUT2D eigenvalue weighted by molar-refractivity contribution is 5.95. The Morgan fingerprint density at radius 1 is 1.27 bits per heavy atom. The first-order chi connectivity index (χ1) is 12.2. The molecule has 5 nitrogen and oxygen atoms in total. The number of anilines is 1. The van der Waals surface area contributed by atoms with Crippen LogP contribution >= 0.6 is 12.4 Å². The molecule has 1 N–H and O–H groups in total. The number of carbonyl (C=O) groups excluding carboxylic acids is 1. The molecule has 0 aliphatic carbocycles. The molecule has 26 heavy (non-hydrogen) atoms. The number of piperazine rings is 1. The highest BCUT2D eigenvalue weighted by atomic mass is 35.5. The third-order valence-electron chi connectivity index (χ3n) is 4.58. The molecule has 1 aromatic heterocycles. The SMILES string of the molecule is CC(C)N(C(=O)CN1CCNCC1c1cccnc1)c1ccccc1.Cl. The smallest absolute Gasteiger partial charge is 0.241 e. The largest absolute Gasteiger partial charge is 0.314 e. The van der Waals surface area contributed by atoms with E-state index in [1.54, 1.807) is 6.20 Å². The molecular weight excluding hydrogens is 348 g/mol. The van der Waals surface area contributed by atoms with Gasteiger partial charge in [0.15, 0.2) is 0 Å². The molecule has 140 valence electrons.